The van der Waals surface area contributed by atoms with E-state index in [4.69, 9.17) is 22.9 Å². The van der Waals surface area contributed by atoms with Gasteiger partial charge in [-0.2, -0.15) is 0 Å². The van der Waals surface area contributed by atoms with E-state index in [1.807, 2.05) is 0 Å². The van der Waals surface area contributed by atoms with Crippen LogP contribution < -0.4 is 22.9 Å². The van der Waals surface area contributed by atoms with Gasteiger partial charge in [-0.25, -0.2) is 0 Å². The van der Waals surface area contributed by atoms with Crippen molar-refractivity contribution < 1.29 is 0 Å². The molecule has 4 nitrogen and oxygen atoms in total. The molecule has 4 heteroatoms. The quantitative estimate of drug-likeness (QED) is 0.428. The van der Waals surface area contributed by atoms with Crippen molar-refractivity contribution in [1.82, 2.24) is 0 Å². The van der Waals surface area contributed by atoms with Crippen molar-refractivity contribution in [3.8, 4) is 0 Å². The average Bonchev–Trinajstić information content (AvgIpc) is 1.84. The fourth-order valence-electron chi connectivity index (χ4n) is 0.996. The first-order chi connectivity index (χ1) is 5.34. The molecule has 74 valence electrons. The van der Waals surface area contributed by atoms with Crippen LogP contribution in [-0.2, 0) is 0 Å². The van der Waals surface area contributed by atoms with E-state index in [2.05, 4.69) is 13.8 Å². The van der Waals surface area contributed by atoms with Gasteiger partial charge in [-0.15, -0.1) is 0 Å². The van der Waals surface area contributed by atoms with Gasteiger partial charge in [-0.1, -0.05) is 26.7 Å². The number of nitrogens with two attached hydrogens (primary N) is 4. The highest BCUT2D eigenvalue weighted by Gasteiger charge is 2.21. The van der Waals surface area contributed by atoms with Crippen LogP contribution in [0.4, 0.5) is 0 Å². The van der Waals surface area contributed by atoms with Crippen molar-refractivity contribution in [2.24, 2.45) is 28.9 Å². The van der Waals surface area contributed by atoms with E-state index in [9.17, 15) is 0 Å². The normalized spacial score (nSPS) is 15.2. The van der Waals surface area contributed by atoms with E-state index in [-0.39, 0.29) is 6.04 Å². The molecule has 0 amide bonds. The third kappa shape index (κ3) is 5.49. The van der Waals surface area contributed by atoms with Crippen molar-refractivity contribution in [3.63, 3.8) is 0 Å². The third-order valence-electron chi connectivity index (χ3n) is 1.94. The lowest BCUT2D eigenvalue weighted by Crippen LogP contribution is -2.68. The molecule has 0 aliphatic carbocycles. The molecular weight excluding hydrogens is 152 g/mol. The smallest absolute Gasteiger partial charge is 0.131 e. The van der Waals surface area contributed by atoms with E-state index in [0.29, 0.717) is 5.92 Å². The predicted octanol–water partition coefficient (Wildman–Crippen LogP) is -0.330. The van der Waals surface area contributed by atoms with E-state index < -0.39 is 5.79 Å². The van der Waals surface area contributed by atoms with E-state index in [1.165, 1.54) is 0 Å². The highest BCUT2D eigenvalue weighted by atomic mass is 15.2. The first-order valence-corrected chi connectivity index (χ1v) is 4.46. The third-order valence-corrected chi connectivity index (χ3v) is 1.94. The van der Waals surface area contributed by atoms with Gasteiger partial charge >= 0.3 is 0 Å². The van der Waals surface area contributed by atoms with Crippen LogP contribution in [0.1, 0.15) is 33.1 Å². The maximum Gasteiger partial charge on any atom is 0.131 e. The molecule has 1 unspecified atom stereocenters. The van der Waals surface area contributed by atoms with Gasteiger partial charge < -0.3 is 5.73 Å². The zero-order valence-electron chi connectivity index (χ0n) is 8.09. The van der Waals surface area contributed by atoms with Crippen molar-refractivity contribution in [1.29, 1.82) is 0 Å². The molecule has 1 atom stereocenters. The standard InChI is InChI=1S/C8H22N4/c1-6(2)4-3-5-7(9)8(10,11)12/h6-7H,3-5,9-12H2,1-2H3. The van der Waals surface area contributed by atoms with E-state index in [0.717, 1.165) is 19.3 Å². The van der Waals surface area contributed by atoms with Gasteiger partial charge in [0, 0.05) is 6.04 Å². The summed E-state index contributed by atoms with van der Waals surface area (Å²) in [6.07, 6.45) is 2.97. The highest BCUT2D eigenvalue weighted by molar-refractivity contribution is 4.82. The molecule has 0 bridgehead atoms. The summed E-state index contributed by atoms with van der Waals surface area (Å²) in [5, 5.41) is 0. The topological polar surface area (TPSA) is 104 Å². The van der Waals surface area contributed by atoms with Crippen molar-refractivity contribution in [2.75, 3.05) is 0 Å². The lowest BCUT2D eigenvalue weighted by molar-refractivity contribution is 0.336. The van der Waals surface area contributed by atoms with Crippen LogP contribution in [-0.4, -0.2) is 11.8 Å². The molecule has 0 heterocycles. The molecule has 0 aromatic heterocycles. The van der Waals surface area contributed by atoms with Gasteiger partial charge in [0.1, 0.15) is 5.79 Å². The van der Waals surface area contributed by atoms with Gasteiger partial charge in [-0.05, 0) is 12.3 Å². The second-order valence-electron chi connectivity index (χ2n) is 3.93. The Morgan fingerprint density at radius 3 is 1.92 bits per heavy atom. The predicted molar refractivity (Wildman–Crippen MR) is 52.0 cm³/mol. The maximum atomic E-state index is 5.66. The molecular formula is C8H22N4. The summed E-state index contributed by atoms with van der Waals surface area (Å²) in [6, 6.07) is -0.309. The van der Waals surface area contributed by atoms with Crippen molar-refractivity contribution in [2.45, 2.75) is 44.9 Å². The Bertz CT molecular complexity index is 117. The summed E-state index contributed by atoms with van der Waals surface area (Å²) in [4.78, 5) is 0. The lowest BCUT2D eigenvalue weighted by Gasteiger charge is -2.26. The molecule has 0 aliphatic heterocycles. The molecule has 0 fully saturated rings. The molecule has 0 saturated carbocycles. The zero-order valence-corrected chi connectivity index (χ0v) is 8.09. The van der Waals surface area contributed by atoms with Crippen LogP contribution in [0.5, 0.6) is 0 Å². The Balaban J connectivity index is 3.51. The SMILES string of the molecule is CC(C)CCCC(N)C(N)(N)N. The van der Waals surface area contributed by atoms with Crippen LogP contribution in [0.3, 0.4) is 0 Å². The van der Waals surface area contributed by atoms with E-state index in [1.54, 1.807) is 0 Å². The fraction of sp³-hybridized carbons (Fsp3) is 1.00. The molecule has 0 aromatic rings. The van der Waals surface area contributed by atoms with Crippen LogP contribution in [0.15, 0.2) is 0 Å². The first-order valence-electron chi connectivity index (χ1n) is 4.46. The minimum atomic E-state index is -1.23. The van der Waals surface area contributed by atoms with Crippen LogP contribution in [0, 0.1) is 5.92 Å². The Morgan fingerprint density at radius 2 is 1.58 bits per heavy atom. The van der Waals surface area contributed by atoms with Gasteiger partial charge in [-0.3, -0.25) is 17.2 Å². The molecule has 0 aliphatic rings. The first kappa shape index (κ1) is 11.8. The van der Waals surface area contributed by atoms with Crippen LogP contribution in [0.25, 0.3) is 0 Å². The summed E-state index contributed by atoms with van der Waals surface area (Å²) in [5.74, 6) is -0.531. The highest BCUT2D eigenvalue weighted by Crippen LogP contribution is 2.08. The molecule has 0 saturated heterocycles. The largest absolute Gasteiger partial charge is 0.324 e. The minimum Gasteiger partial charge on any atom is -0.324 e. The summed E-state index contributed by atoms with van der Waals surface area (Å²) in [7, 11) is 0. The molecule has 0 aromatic carbocycles. The van der Waals surface area contributed by atoms with Gasteiger partial charge in [0.2, 0.25) is 0 Å². The molecule has 12 heavy (non-hydrogen) atoms. The van der Waals surface area contributed by atoms with Gasteiger partial charge in [0.25, 0.3) is 0 Å². The Kier molecular flexibility index (Phi) is 4.70. The summed E-state index contributed by atoms with van der Waals surface area (Å²) >= 11 is 0. The van der Waals surface area contributed by atoms with Gasteiger partial charge in [0.15, 0.2) is 0 Å². The van der Waals surface area contributed by atoms with Crippen molar-refractivity contribution in [3.05, 3.63) is 0 Å². The van der Waals surface area contributed by atoms with E-state index >= 15 is 0 Å². The van der Waals surface area contributed by atoms with Crippen LogP contribution >= 0.6 is 0 Å². The van der Waals surface area contributed by atoms with Crippen molar-refractivity contribution >= 4 is 0 Å². The average molecular weight is 174 g/mol. The van der Waals surface area contributed by atoms with Gasteiger partial charge in [0.05, 0.1) is 0 Å². The fourth-order valence-corrected chi connectivity index (χ4v) is 0.996. The Hall–Kier alpha value is -0.160. The number of hydrogen-bond acceptors (Lipinski definition) is 4. The number of hydrogen-bond donors (Lipinski definition) is 4. The Labute approximate surface area is 74.7 Å². The number of rotatable bonds is 5. The molecule has 8 N–H and O–H groups in total. The molecule has 0 spiro atoms. The summed E-state index contributed by atoms with van der Waals surface area (Å²) in [6.45, 7) is 4.35. The maximum absolute atomic E-state index is 5.66. The molecule has 0 rings (SSSR count). The monoisotopic (exact) mass is 174 g/mol. The minimum absolute atomic E-state index is 0.309. The summed E-state index contributed by atoms with van der Waals surface area (Å²) in [5.41, 5.74) is 21.9. The second kappa shape index (κ2) is 4.77. The zero-order chi connectivity index (χ0) is 9.78. The summed E-state index contributed by atoms with van der Waals surface area (Å²) < 4.78 is 0. The lowest BCUT2D eigenvalue weighted by atomic mass is 10.0. The van der Waals surface area contributed by atoms with Crippen LogP contribution in [0.2, 0.25) is 0 Å². The second-order valence-corrected chi connectivity index (χ2v) is 3.93. The Morgan fingerprint density at radius 1 is 1.08 bits per heavy atom. The molecule has 0 radical (unpaired) electrons.